The highest BCUT2D eigenvalue weighted by Crippen LogP contribution is 2.17. The van der Waals surface area contributed by atoms with Crippen molar-refractivity contribution in [2.45, 2.75) is 13.0 Å². The third-order valence-electron chi connectivity index (χ3n) is 2.88. The van der Waals surface area contributed by atoms with Gasteiger partial charge in [-0.3, -0.25) is 4.90 Å². The van der Waals surface area contributed by atoms with Crippen molar-refractivity contribution in [1.82, 2.24) is 4.90 Å². The summed E-state index contributed by atoms with van der Waals surface area (Å²) in [5.74, 6) is 0.485. The van der Waals surface area contributed by atoms with Crippen molar-refractivity contribution in [3.63, 3.8) is 0 Å². The molecule has 1 aliphatic heterocycles. The molecule has 1 heterocycles. The molecule has 0 saturated carbocycles. The monoisotopic (exact) mass is 192 g/mol. The van der Waals surface area contributed by atoms with E-state index in [-0.39, 0.29) is 0 Å². The predicted molar refractivity (Wildman–Crippen MR) is 58.9 cm³/mol. The first-order valence-corrected chi connectivity index (χ1v) is 5.25. The summed E-state index contributed by atoms with van der Waals surface area (Å²) in [6.45, 7) is 3.66. The Morgan fingerprint density at radius 3 is 3.07 bits per heavy atom. The van der Waals surface area contributed by atoms with Crippen molar-refractivity contribution < 1.29 is 2.82 Å². The van der Waals surface area contributed by atoms with E-state index in [1.54, 1.807) is 0 Å². The molecule has 14 heavy (non-hydrogen) atoms. The fourth-order valence-corrected chi connectivity index (χ4v) is 2.05. The van der Waals surface area contributed by atoms with Gasteiger partial charge in [0.25, 0.3) is 0 Å². The lowest BCUT2D eigenvalue weighted by Crippen LogP contribution is -2.22. The maximum atomic E-state index is 7.11. The summed E-state index contributed by atoms with van der Waals surface area (Å²) in [6, 6.07) is 10.5. The third-order valence-corrected chi connectivity index (χ3v) is 2.88. The van der Waals surface area contributed by atoms with Crippen LogP contribution in [0.4, 0.5) is 0 Å². The van der Waals surface area contributed by atoms with Crippen LogP contribution in [0.25, 0.3) is 0 Å². The Morgan fingerprint density at radius 2 is 2.29 bits per heavy atom. The van der Waals surface area contributed by atoms with E-state index in [0.717, 1.165) is 31.8 Å². The molecule has 0 bridgehead atoms. The molecule has 2 nitrogen and oxygen atoms in total. The van der Waals surface area contributed by atoms with Crippen LogP contribution in [0.15, 0.2) is 30.3 Å². The number of benzene rings is 1. The summed E-state index contributed by atoms with van der Waals surface area (Å²) < 4.78 is 14.2. The van der Waals surface area contributed by atoms with Gasteiger partial charge in [-0.05, 0) is 31.0 Å². The Bertz CT molecular complexity index is 316. The summed E-state index contributed by atoms with van der Waals surface area (Å²) in [6.07, 6.45) is 1.11. The minimum Gasteiger partial charge on any atom is -0.330 e. The maximum Gasteiger partial charge on any atom is 0.118 e. The molecule has 0 unspecified atom stereocenters. The Morgan fingerprint density at radius 1 is 1.43 bits per heavy atom. The van der Waals surface area contributed by atoms with Crippen molar-refractivity contribution in [2.24, 2.45) is 11.6 Å². The Balaban J connectivity index is 1.81. The molecule has 1 fully saturated rings. The molecule has 76 valence electrons. The smallest absolute Gasteiger partial charge is 0.118 e. The second-order valence-electron chi connectivity index (χ2n) is 4.06. The maximum absolute atomic E-state index is 7.11. The molecule has 1 saturated heterocycles. The lowest BCUT2D eigenvalue weighted by Gasteiger charge is -2.15. The van der Waals surface area contributed by atoms with Crippen molar-refractivity contribution in [3.8, 4) is 0 Å². The van der Waals surface area contributed by atoms with Crippen molar-refractivity contribution >= 4 is 0 Å². The standard InChI is InChI=1S/C12H18N2/c13-8-12-6-7-14(10-12)9-11-4-2-1-3-5-11/h1-5,12H,6-10,13H2/t12-/m1/s1/i/hD2. The molecular weight excluding hydrogens is 172 g/mol. The van der Waals surface area contributed by atoms with E-state index in [2.05, 4.69) is 29.2 Å². The molecule has 1 aromatic rings. The Hall–Kier alpha value is -0.860. The topological polar surface area (TPSA) is 29.3 Å². The zero-order chi connectivity index (χ0) is 11.4. The first-order chi connectivity index (χ1) is 7.74. The van der Waals surface area contributed by atoms with Crippen LogP contribution in [0.5, 0.6) is 0 Å². The van der Waals surface area contributed by atoms with Crippen LogP contribution in [0.3, 0.4) is 0 Å². The molecule has 2 heteroatoms. The molecule has 1 aliphatic rings. The SMILES string of the molecule is [2H]N([2H])C[C@H]1CCN(Cc2ccccc2)C1. The molecule has 1 aromatic carbocycles. The highest BCUT2D eigenvalue weighted by atomic mass is 15.1. The first kappa shape index (κ1) is 7.43. The highest BCUT2D eigenvalue weighted by molar-refractivity contribution is 5.14. The van der Waals surface area contributed by atoms with Gasteiger partial charge < -0.3 is 5.72 Å². The molecule has 0 spiro atoms. The molecule has 0 amide bonds. The number of hydrogen-bond donors (Lipinski definition) is 1. The lowest BCUT2D eigenvalue weighted by molar-refractivity contribution is 0.318. The van der Waals surface area contributed by atoms with Crippen LogP contribution in [-0.4, -0.2) is 24.5 Å². The normalized spacial score (nSPS) is 25.1. The second-order valence-corrected chi connectivity index (χ2v) is 4.06. The first-order valence-electron chi connectivity index (χ1n) is 6.15. The van der Waals surface area contributed by atoms with Gasteiger partial charge in [0.05, 0.1) is 0 Å². The van der Waals surface area contributed by atoms with E-state index in [1.165, 1.54) is 5.56 Å². The number of nitrogens with two attached hydrogens (primary N) is 1. The molecule has 2 N–H and O–H groups in total. The van der Waals surface area contributed by atoms with Gasteiger partial charge in [-0.1, -0.05) is 30.3 Å². The highest BCUT2D eigenvalue weighted by Gasteiger charge is 2.20. The number of hydrogen-bond acceptors (Lipinski definition) is 2. The van der Waals surface area contributed by atoms with Crippen LogP contribution in [0, 0.1) is 5.92 Å². The molecule has 2 rings (SSSR count). The van der Waals surface area contributed by atoms with E-state index in [0.29, 0.717) is 12.5 Å². The summed E-state index contributed by atoms with van der Waals surface area (Å²) in [7, 11) is 0. The predicted octanol–water partition coefficient (Wildman–Crippen LogP) is 1.47. The van der Waals surface area contributed by atoms with Crippen LogP contribution in [0.2, 0.25) is 2.82 Å². The van der Waals surface area contributed by atoms with E-state index in [1.807, 2.05) is 6.07 Å². The van der Waals surface area contributed by atoms with Gasteiger partial charge in [0.2, 0.25) is 0 Å². The summed E-state index contributed by atoms with van der Waals surface area (Å²) in [5, 5.41) is 0. The van der Waals surface area contributed by atoms with Crippen molar-refractivity contribution in [1.29, 1.82) is 0 Å². The van der Waals surface area contributed by atoms with Gasteiger partial charge >= 0.3 is 0 Å². The minimum absolute atomic E-state index is 0.485. The molecule has 0 aliphatic carbocycles. The van der Waals surface area contributed by atoms with Gasteiger partial charge in [0, 0.05) is 13.1 Å². The van der Waals surface area contributed by atoms with Crippen LogP contribution in [0.1, 0.15) is 12.0 Å². The van der Waals surface area contributed by atoms with Crippen molar-refractivity contribution in [2.75, 3.05) is 19.6 Å². The molecular formula is C12H18N2. The fourth-order valence-electron chi connectivity index (χ4n) is 2.05. The molecule has 1 atom stereocenters. The van der Waals surface area contributed by atoms with Gasteiger partial charge in [-0.2, -0.15) is 0 Å². The molecule has 0 radical (unpaired) electrons. The minimum atomic E-state index is 0.485. The van der Waals surface area contributed by atoms with Crippen LogP contribution in [-0.2, 0) is 6.54 Å². The fraction of sp³-hybridized carbons (Fsp3) is 0.500. The lowest BCUT2D eigenvalue weighted by atomic mass is 10.1. The number of nitrogens with zero attached hydrogens (tertiary/aromatic N) is 1. The van der Waals surface area contributed by atoms with Gasteiger partial charge in [-0.15, -0.1) is 0 Å². The Kier molecular flexibility index (Phi) is 2.43. The number of likely N-dealkylation sites (tertiary alicyclic amines) is 1. The molecule has 0 aromatic heterocycles. The van der Waals surface area contributed by atoms with Crippen LogP contribution >= 0.6 is 0 Å². The average molecular weight is 192 g/mol. The summed E-state index contributed by atoms with van der Waals surface area (Å²) >= 11 is 0. The Labute approximate surface area is 88.6 Å². The third kappa shape index (κ3) is 2.34. The van der Waals surface area contributed by atoms with Crippen molar-refractivity contribution in [3.05, 3.63) is 35.9 Å². The van der Waals surface area contributed by atoms with E-state index in [4.69, 9.17) is 2.82 Å². The number of rotatable bonds is 4. The van der Waals surface area contributed by atoms with E-state index in [9.17, 15) is 0 Å². The second kappa shape index (κ2) is 4.58. The van der Waals surface area contributed by atoms with E-state index >= 15 is 0 Å². The van der Waals surface area contributed by atoms with Gasteiger partial charge in [0.1, 0.15) is 2.82 Å². The van der Waals surface area contributed by atoms with Gasteiger partial charge in [0.15, 0.2) is 0 Å². The summed E-state index contributed by atoms with van der Waals surface area (Å²) in [5.41, 5.74) is 2.15. The van der Waals surface area contributed by atoms with E-state index < -0.39 is 0 Å². The van der Waals surface area contributed by atoms with Gasteiger partial charge in [-0.25, -0.2) is 0 Å². The summed E-state index contributed by atoms with van der Waals surface area (Å²) in [4.78, 5) is 2.41. The quantitative estimate of drug-likeness (QED) is 0.782. The zero-order valence-electron chi connectivity index (χ0n) is 10.4. The van der Waals surface area contributed by atoms with Crippen LogP contribution < -0.4 is 5.72 Å². The zero-order valence-corrected chi connectivity index (χ0v) is 8.39. The largest absolute Gasteiger partial charge is 0.330 e. The average Bonchev–Trinajstić information content (AvgIpc) is 2.66.